The Kier molecular flexibility index (Phi) is 3.61. The van der Waals surface area contributed by atoms with Gasteiger partial charge in [-0.2, -0.15) is 0 Å². The van der Waals surface area contributed by atoms with Gasteiger partial charge < -0.3 is 5.73 Å². The summed E-state index contributed by atoms with van der Waals surface area (Å²) < 4.78 is 2.00. The molecule has 3 nitrogen and oxygen atoms in total. The molecule has 0 aliphatic rings. The summed E-state index contributed by atoms with van der Waals surface area (Å²) in [4.78, 5) is 0. The number of benzene rings is 1. The fraction of sp³-hybridized carbons (Fsp3) is 0.111. The summed E-state index contributed by atoms with van der Waals surface area (Å²) in [5.41, 5.74) is 6.75. The standard InChI is InChI=1S/C9H8BrN3S2/c10-7-3-1-2-6(4-7)5-14-9-13-12-8(11)15-9/h1-4H,5H2,(H2,11,12). The summed E-state index contributed by atoms with van der Waals surface area (Å²) in [5.74, 6) is 0.883. The van der Waals surface area contributed by atoms with E-state index in [9.17, 15) is 0 Å². The van der Waals surface area contributed by atoms with Crippen molar-refractivity contribution in [3.05, 3.63) is 34.3 Å². The van der Waals surface area contributed by atoms with Gasteiger partial charge in [-0.25, -0.2) is 0 Å². The van der Waals surface area contributed by atoms with Crippen LogP contribution in [0.3, 0.4) is 0 Å². The minimum absolute atomic E-state index is 0.520. The van der Waals surface area contributed by atoms with Crippen molar-refractivity contribution in [2.24, 2.45) is 0 Å². The third-order valence-corrected chi connectivity index (χ3v) is 4.12. The lowest BCUT2D eigenvalue weighted by Crippen LogP contribution is -1.80. The summed E-state index contributed by atoms with van der Waals surface area (Å²) in [7, 11) is 0. The number of halogens is 1. The first-order valence-electron chi connectivity index (χ1n) is 4.20. The second-order valence-corrected chi connectivity index (χ2v) is 5.97. The molecule has 0 amide bonds. The van der Waals surface area contributed by atoms with Gasteiger partial charge in [-0.15, -0.1) is 10.2 Å². The maximum atomic E-state index is 5.50. The van der Waals surface area contributed by atoms with Crippen LogP contribution in [0.25, 0.3) is 0 Å². The number of thioether (sulfide) groups is 1. The van der Waals surface area contributed by atoms with Crippen LogP contribution in [0.5, 0.6) is 0 Å². The van der Waals surface area contributed by atoms with Crippen molar-refractivity contribution in [2.75, 3.05) is 5.73 Å². The number of nitrogen functional groups attached to an aromatic ring is 1. The van der Waals surface area contributed by atoms with Crippen LogP contribution in [0.15, 0.2) is 33.1 Å². The van der Waals surface area contributed by atoms with Crippen LogP contribution in [0, 0.1) is 0 Å². The van der Waals surface area contributed by atoms with Gasteiger partial charge in [0.25, 0.3) is 0 Å². The third-order valence-electron chi connectivity index (χ3n) is 1.67. The molecule has 15 heavy (non-hydrogen) atoms. The van der Waals surface area contributed by atoms with Gasteiger partial charge >= 0.3 is 0 Å². The van der Waals surface area contributed by atoms with E-state index in [2.05, 4.69) is 38.3 Å². The van der Waals surface area contributed by atoms with Gasteiger partial charge in [0.05, 0.1) is 0 Å². The lowest BCUT2D eigenvalue weighted by atomic mass is 10.2. The quantitative estimate of drug-likeness (QED) is 0.885. The SMILES string of the molecule is Nc1nnc(SCc2cccc(Br)c2)s1. The van der Waals surface area contributed by atoms with Gasteiger partial charge in [0.2, 0.25) is 5.13 Å². The average Bonchev–Trinajstić information content (AvgIpc) is 2.62. The zero-order valence-corrected chi connectivity index (χ0v) is 10.9. The Labute approximate surface area is 104 Å². The van der Waals surface area contributed by atoms with Crippen molar-refractivity contribution in [1.29, 1.82) is 0 Å². The lowest BCUT2D eigenvalue weighted by Gasteiger charge is -1.98. The molecular weight excluding hydrogens is 294 g/mol. The Hall–Kier alpha value is -0.590. The van der Waals surface area contributed by atoms with Crippen LogP contribution >= 0.6 is 39.0 Å². The van der Waals surface area contributed by atoms with E-state index in [0.717, 1.165) is 14.6 Å². The van der Waals surface area contributed by atoms with Crippen LogP contribution in [0.1, 0.15) is 5.56 Å². The number of hydrogen-bond acceptors (Lipinski definition) is 5. The van der Waals surface area contributed by atoms with Gasteiger partial charge in [-0.05, 0) is 17.7 Å². The summed E-state index contributed by atoms with van der Waals surface area (Å²) in [5, 5.41) is 8.23. The van der Waals surface area contributed by atoms with Gasteiger partial charge in [0.1, 0.15) is 0 Å². The minimum atomic E-state index is 0.520. The van der Waals surface area contributed by atoms with Crippen molar-refractivity contribution in [3.63, 3.8) is 0 Å². The molecule has 2 aromatic rings. The van der Waals surface area contributed by atoms with E-state index >= 15 is 0 Å². The molecule has 0 unspecified atom stereocenters. The summed E-state index contributed by atoms with van der Waals surface area (Å²) in [6.45, 7) is 0. The van der Waals surface area contributed by atoms with E-state index in [1.165, 1.54) is 16.9 Å². The number of aromatic nitrogens is 2. The van der Waals surface area contributed by atoms with Crippen molar-refractivity contribution >= 4 is 44.2 Å². The zero-order chi connectivity index (χ0) is 10.7. The fourth-order valence-corrected chi connectivity index (χ4v) is 3.08. The topological polar surface area (TPSA) is 51.8 Å². The molecule has 2 rings (SSSR count). The molecule has 0 atom stereocenters. The molecule has 78 valence electrons. The Morgan fingerprint density at radius 2 is 2.27 bits per heavy atom. The highest BCUT2D eigenvalue weighted by atomic mass is 79.9. The van der Waals surface area contributed by atoms with Gasteiger partial charge in [0.15, 0.2) is 4.34 Å². The summed E-state index contributed by atoms with van der Waals surface area (Å²) >= 11 is 6.50. The van der Waals surface area contributed by atoms with Gasteiger partial charge in [0, 0.05) is 10.2 Å². The van der Waals surface area contributed by atoms with Crippen molar-refractivity contribution in [3.8, 4) is 0 Å². The predicted molar refractivity (Wildman–Crippen MR) is 68.0 cm³/mol. The Balaban J connectivity index is 1.99. The molecule has 1 heterocycles. The third kappa shape index (κ3) is 3.19. The fourth-order valence-electron chi connectivity index (χ4n) is 1.05. The van der Waals surface area contributed by atoms with Crippen LogP contribution in [0.4, 0.5) is 5.13 Å². The van der Waals surface area contributed by atoms with Gasteiger partial charge in [-0.3, -0.25) is 0 Å². The molecule has 0 fully saturated rings. The van der Waals surface area contributed by atoms with Crippen LogP contribution in [-0.2, 0) is 5.75 Å². The Morgan fingerprint density at radius 1 is 1.40 bits per heavy atom. The lowest BCUT2D eigenvalue weighted by molar-refractivity contribution is 1.02. The maximum absolute atomic E-state index is 5.50. The molecular formula is C9H8BrN3S2. The smallest absolute Gasteiger partial charge is 0.203 e. The van der Waals surface area contributed by atoms with E-state index in [1.54, 1.807) is 11.8 Å². The molecule has 0 saturated carbocycles. The molecule has 1 aromatic heterocycles. The number of rotatable bonds is 3. The highest BCUT2D eigenvalue weighted by Gasteiger charge is 2.02. The van der Waals surface area contributed by atoms with E-state index < -0.39 is 0 Å². The molecule has 2 N–H and O–H groups in total. The Bertz CT molecular complexity index is 458. The molecule has 0 saturated heterocycles. The molecule has 1 aromatic carbocycles. The van der Waals surface area contributed by atoms with Crippen LogP contribution in [-0.4, -0.2) is 10.2 Å². The molecule has 0 radical (unpaired) electrons. The summed E-state index contributed by atoms with van der Waals surface area (Å²) in [6, 6.07) is 8.21. The van der Waals surface area contributed by atoms with Crippen molar-refractivity contribution in [2.45, 2.75) is 10.1 Å². The second-order valence-electron chi connectivity index (χ2n) is 2.82. The molecule has 6 heteroatoms. The monoisotopic (exact) mass is 301 g/mol. The highest BCUT2D eigenvalue weighted by Crippen LogP contribution is 2.27. The molecule has 0 spiro atoms. The predicted octanol–water partition coefficient (Wildman–Crippen LogP) is 3.18. The maximum Gasteiger partial charge on any atom is 0.203 e. The zero-order valence-electron chi connectivity index (χ0n) is 7.68. The van der Waals surface area contributed by atoms with Crippen molar-refractivity contribution < 1.29 is 0 Å². The van der Waals surface area contributed by atoms with Crippen molar-refractivity contribution in [1.82, 2.24) is 10.2 Å². The van der Waals surface area contributed by atoms with E-state index in [1.807, 2.05) is 12.1 Å². The first-order chi connectivity index (χ1) is 7.24. The largest absolute Gasteiger partial charge is 0.374 e. The van der Waals surface area contributed by atoms with E-state index in [-0.39, 0.29) is 0 Å². The average molecular weight is 302 g/mol. The number of nitrogens with two attached hydrogens (primary N) is 1. The van der Waals surface area contributed by atoms with E-state index in [4.69, 9.17) is 5.73 Å². The second kappa shape index (κ2) is 4.96. The van der Waals surface area contributed by atoms with Gasteiger partial charge in [-0.1, -0.05) is 51.2 Å². The first-order valence-corrected chi connectivity index (χ1v) is 6.80. The highest BCUT2D eigenvalue weighted by molar-refractivity contribution is 9.10. The molecule has 0 aliphatic heterocycles. The number of hydrogen-bond donors (Lipinski definition) is 1. The summed E-state index contributed by atoms with van der Waals surface area (Å²) in [6.07, 6.45) is 0. The molecule has 0 aliphatic carbocycles. The number of anilines is 1. The normalized spacial score (nSPS) is 10.5. The van der Waals surface area contributed by atoms with E-state index in [0.29, 0.717) is 5.13 Å². The van der Waals surface area contributed by atoms with Crippen LogP contribution < -0.4 is 5.73 Å². The van der Waals surface area contributed by atoms with Crippen LogP contribution in [0.2, 0.25) is 0 Å². The first kappa shape index (κ1) is 10.9. The minimum Gasteiger partial charge on any atom is -0.374 e. The molecule has 0 bridgehead atoms. The number of nitrogens with zero attached hydrogens (tertiary/aromatic N) is 2. The Morgan fingerprint density at radius 3 is 2.93 bits per heavy atom.